The molecule has 1 N–H and O–H groups in total. The number of carbonyl (C=O) groups excluding carboxylic acids is 1. The molecule has 0 aliphatic carbocycles. The first-order chi connectivity index (χ1) is 15.3. The van der Waals surface area contributed by atoms with Gasteiger partial charge in [0.1, 0.15) is 5.82 Å². The molecule has 172 valence electrons. The van der Waals surface area contributed by atoms with E-state index in [9.17, 15) is 13.2 Å². The van der Waals surface area contributed by atoms with E-state index in [4.69, 9.17) is 4.98 Å². The van der Waals surface area contributed by atoms with E-state index in [1.165, 1.54) is 4.31 Å². The normalized spacial score (nSPS) is 11.9. The van der Waals surface area contributed by atoms with Crippen molar-refractivity contribution < 1.29 is 13.2 Å². The second kappa shape index (κ2) is 10.3. The van der Waals surface area contributed by atoms with E-state index in [1.807, 2.05) is 51.1 Å². The monoisotopic (exact) mass is 456 g/mol. The SMILES string of the molecule is CCCn1c(CCC(=O)Nc2ccc(C)cc2)nc2cc(S(=O)(=O)N(CC)CC)ccc21. The summed E-state index contributed by atoms with van der Waals surface area (Å²) in [5, 5.41) is 2.92. The number of fused-ring (bicyclic) bond motifs is 1. The molecule has 0 unspecified atom stereocenters. The molecule has 0 aliphatic heterocycles. The smallest absolute Gasteiger partial charge is 0.243 e. The maximum Gasteiger partial charge on any atom is 0.243 e. The molecule has 1 amide bonds. The second-order valence-electron chi connectivity index (χ2n) is 7.83. The van der Waals surface area contributed by atoms with E-state index in [1.54, 1.807) is 12.1 Å². The van der Waals surface area contributed by atoms with Crippen LogP contribution in [0.4, 0.5) is 5.69 Å². The number of anilines is 1. The summed E-state index contributed by atoms with van der Waals surface area (Å²) in [7, 11) is -3.55. The summed E-state index contributed by atoms with van der Waals surface area (Å²) < 4.78 is 29.3. The Labute approximate surface area is 190 Å². The molecule has 0 atom stereocenters. The molecule has 1 aromatic heterocycles. The van der Waals surface area contributed by atoms with Gasteiger partial charge in [-0.1, -0.05) is 38.5 Å². The standard InChI is InChI=1S/C24H32N4O3S/c1-5-16-28-22-13-12-20(32(30,31)27(6-2)7-3)17-21(22)26-23(28)14-15-24(29)25-19-10-8-18(4)9-11-19/h8-13,17H,5-7,14-16H2,1-4H3,(H,25,29). The van der Waals surface area contributed by atoms with Crippen molar-refractivity contribution in [1.29, 1.82) is 0 Å². The van der Waals surface area contributed by atoms with Gasteiger partial charge in [0.15, 0.2) is 0 Å². The molecule has 3 aromatic rings. The number of hydrogen-bond donors (Lipinski definition) is 1. The number of carbonyl (C=O) groups is 1. The Hall–Kier alpha value is -2.71. The van der Waals surface area contributed by atoms with Crippen LogP contribution >= 0.6 is 0 Å². The second-order valence-corrected chi connectivity index (χ2v) is 9.77. The van der Waals surface area contributed by atoms with E-state index in [0.29, 0.717) is 31.4 Å². The zero-order valence-corrected chi connectivity index (χ0v) is 20.1. The predicted octanol–water partition coefficient (Wildman–Crippen LogP) is 4.36. The number of hydrogen-bond acceptors (Lipinski definition) is 4. The molecule has 2 aromatic carbocycles. The van der Waals surface area contributed by atoms with Gasteiger partial charge in [0.2, 0.25) is 15.9 Å². The van der Waals surface area contributed by atoms with Crippen LogP contribution in [0, 0.1) is 6.92 Å². The minimum absolute atomic E-state index is 0.0752. The average molecular weight is 457 g/mol. The minimum Gasteiger partial charge on any atom is -0.328 e. The number of aryl methyl sites for hydroxylation is 3. The van der Waals surface area contributed by atoms with Crippen LogP contribution < -0.4 is 5.32 Å². The van der Waals surface area contributed by atoms with Crippen molar-refractivity contribution in [2.45, 2.75) is 58.4 Å². The van der Waals surface area contributed by atoms with Gasteiger partial charge in [0, 0.05) is 38.2 Å². The van der Waals surface area contributed by atoms with Gasteiger partial charge in [-0.3, -0.25) is 4.79 Å². The van der Waals surface area contributed by atoms with Crippen LogP contribution in [0.25, 0.3) is 11.0 Å². The zero-order chi connectivity index (χ0) is 23.3. The summed E-state index contributed by atoms with van der Waals surface area (Å²) >= 11 is 0. The Bertz CT molecular complexity index is 1180. The summed E-state index contributed by atoms with van der Waals surface area (Å²) in [6, 6.07) is 12.8. The van der Waals surface area contributed by atoms with Gasteiger partial charge in [-0.15, -0.1) is 0 Å². The van der Waals surface area contributed by atoms with E-state index in [2.05, 4.69) is 16.8 Å². The number of benzene rings is 2. The van der Waals surface area contributed by atoms with Crippen LogP contribution in [-0.4, -0.2) is 41.3 Å². The first kappa shape index (κ1) is 23.9. The number of rotatable bonds is 10. The Balaban J connectivity index is 1.83. The highest BCUT2D eigenvalue weighted by Crippen LogP contribution is 2.24. The Morgan fingerprint density at radius 3 is 2.38 bits per heavy atom. The van der Waals surface area contributed by atoms with Crippen LogP contribution in [0.1, 0.15) is 45.0 Å². The van der Waals surface area contributed by atoms with Crippen molar-refractivity contribution in [2.24, 2.45) is 0 Å². The molecular formula is C24H32N4O3S. The third kappa shape index (κ3) is 5.19. The highest BCUT2D eigenvalue weighted by molar-refractivity contribution is 7.89. The molecule has 7 nitrogen and oxygen atoms in total. The molecule has 3 rings (SSSR count). The van der Waals surface area contributed by atoms with Crippen LogP contribution in [-0.2, 0) is 27.8 Å². The fourth-order valence-corrected chi connectivity index (χ4v) is 5.26. The van der Waals surface area contributed by atoms with E-state index >= 15 is 0 Å². The third-order valence-electron chi connectivity index (χ3n) is 5.50. The fourth-order valence-electron chi connectivity index (χ4n) is 3.78. The molecule has 0 saturated carbocycles. The van der Waals surface area contributed by atoms with Crippen molar-refractivity contribution in [3.05, 3.63) is 53.9 Å². The predicted molar refractivity (Wildman–Crippen MR) is 128 cm³/mol. The number of amides is 1. The molecule has 32 heavy (non-hydrogen) atoms. The maximum atomic E-state index is 12.9. The molecule has 1 heterocycles. The van der Waals surface area contributed by atoms with E-state index < -0.39 is 10.0 Å². The quantitative estimate of drug-likeness (QED) is 0.491. The molecule has 0 saturated heterocycles. The van der Waals surface area contributed by atoms with Crippen molar-refractivity contribution >= 4 is 32.7 Å². The third-order valence-corrected chi connectivity index (χ3v) is 7.55. The van der Waals surface area contributed by atoms with Gasteiger partial charge in [0.25, 0.3) is 0 Å². The first-order valence-corrected chi connectivity index (χ1v) is 12.6. The van der Waals surface area contributed by atoms with Crippen molar-refractivity contribution in [2.75, 3.05) is 18.4 Å². The largest absolute Gasteiger partial charge is 0.328 e. The van der Waals surface area contributed by atoms with Gasteiger partial charge in [-0.25, -0.2) is 13.4 Å². The molecule has 0 fully saturated rings. The van der Waals surface area contributed by atoms with Crippen LogP contribution in [0.15, 0.2) is 47.4 Å². The summed E-state index contributed by atoms with van der Waals surface area (Å²) in [6.45, 7) is 9.34. The molecule has 0 bridgehead atoms. The van der Waals surface area contributed by atoms with Crippen molar-refractivity contribution in [3.63, 3.8) is 0 Å². The maximum absolute atomic E-state index is 12.9. The molecule has 8 heteroatoms. The topological polar surface area (TPSA) is 84.3 Å². The lowest BCUT2D eigenvalue weighted by atomic mass is 10.2. The van der Waals surface area contributed by atoms with E-state index in [-0.39, 0.29) is 10.8 Å². The average Bonchev–Trinajstić information content (AvgIpc) is 3.11. The number of aromatic nitrogens is 2. The molecule has 0 radical (unpaired) electrons. The zero-order valence-electron chi connectivity index (χ0n) is 19.3. The van der Waals surface area contributed by atoms with Crippen LogP contribution in [0.3, 0.4) is 0 Å². The minimum atomic E-state index is -3.55. The van der Waals surface area contributed by atoms with Gasteiger partial charge >= 0.3 is 0 Å². The van der Waals surface area contributed by atoms with Crippen LogP contribution in [0.2, 0.25) is 0 Å². The number of nitrogens with zero attached hydrogens (tertiary/aromatic N) is 3. The van der Waals surface area contributed by atoms with Gasteiger partial charge in [0.05, 0.1) is 15.9 Å². The van der Waals surface area contributed by atoms with Crippen molar-refractivity contribution in [1.82, 2.24) is 13.9 Å². The lowest BCUT2D eigenvalue weighted by molar-refractivity contribution is -0.116. The van der Waals surface area contributed by atoms with Crippen LogP contribution in [0.5, 0.6) is 0 Å². The molecule has 0 aliphatic rings. The number of imidazole rings is 1. The summed E-state index contributed by atoms with van der Waals surface area (Å²) in [6.07, 6.45) is 1.68. The Kier molecular flexibility index (Phi) is 7.69. The highest BCUT2D eigenvalue weighted by atomic mass is 32.2. The van der Waals surface area contributed by atoms with Crippen molar-refractivity contribution in [3.8, 4) is 0 Å². The Morgan fingerprint density at radius 2 is 1.75 bits per heavy atom. The summed E-state index contributed by atoms with van der Waals surface area (Å²) in [5.41, 5.74) is 3.44. The van der Waals surface area contributed by atoms with Gasteiger partial charge in [-0.05, 0) is 43.7 Å². The lowest BCUT2D eigenvalue weighted by Gasteiger charge is -2.18. The first-order valence-electron chi connectivity index (χ1n) is 11.2. The fraction of sp³-hybridized carbons (Fsp3) is 0.417. The lowest BCUT2D eigenvalue weighted by Crippen LogP contribution is -2.30. The van der Waals surface area contributed by atoms with E-state index in [0.717, 1.165) is 35.6 Å². The molecule has 0 spiro atoms. The Morgan fingerprint density at radius 1 is 1.06 bits per heavy atom. The summed E-state index contributed by atoms with van der Waals surface area (Å²) in [5.74, 6) is 0.715. The highest BCUT2D eigenvalue weighted by Gasteiger charge is 2.23. The van der Waals surface area contributed by atoms with Gasteiger partial charge < -0.3 is 9.88 Å². The van der Waals surface area contributed by atoms with Gasteiger partial charge in [-0.2, -0.15) is 4.31 Å². The number of sulfonamides is 1. The summed E-state index contributed by atoms with van der Waals surface area (Å²) in [4.78, 5) is 17.4. The molecular weight excluding hydrogens is 424 g/mol. The number of nitrogens with one attached hydrogen (secondary N) is 1.